The Balaban J connectivity index is 2.13. The van der Waals surface area contributed by atoms with E-state index in [4.69, 9.17) is 15.7 Å². The first-order valence-electron chi connectivity index (χ1n) is 7.22. The third kappa shape index (κ3) is 2.67. The molecule has 1 aromatic heterocycles. The molecule has 5 nitrogen and oxygen atoms in total. The third-order valence-electron chi connectivity index (χ3n) is 4.04. The van der Waals surface area contributed by atoms with Gasteiger partial charge in [-0.1, -0.05) is 6.07 Å². The van der Waals surface area contributed by atoms with Crippen molar-refractivity contribution in [3.8, 4) is 17.2 Å². The van der Waals surface area contributed by atoms with Gasteiger partial charge in [0, 0.05) is 23.5 Å². The van der Waals surface area contributed by atoms with E-state index in [1.165, 1.54) is 25.3 Å². The van der Waals surface area contributed by atoms with Gasteiger partial charge in [-0.25, -0.2) is 13.8 Å². The van der Waals surface area contributed by atoms with E-state index >= 15 is 0 Å². The summed E-state index contributed by atoms with van der Waals surface area (Å²) in [6.45, 7) is 1.18. The molecule has 2 unspecified atom stereocenters. The number of hydrogen-bond acceptors (Lipinski definition) is 5. The number of alkyl halides is 1. The molecule has 1 aliphatic heterocycles. The van der Waals surface area contributed by atoms with Gasteiger partial charge in [0.05, 0.1) is 5.56 Å². The van der Waals surface area contributed by atoms with Gasteiger partial charge in [0.25, 0.3) is 6.02 Å². The number of hydrogen-bond donors (Lipinski definition) is 1. The van der Waals surface area contributed by atoms with E-state index in [-0.39, 0.29) is 18.2 Å². The summed E-state index contributed by atoms with van der Waals surface area (Å²) in [5, 5.41) is 8.97. The minimum Gasteiger partial charge on any atom is -0.462 e. The lowest BCUT2D eigenvalue weighted by atomic mass is 9.85. The molecule has 0 saturated heterocycles. The first-order valence-corrected chi connectivity index (χ1v) is 7.22. The Bertz CT molecular complexity index is 862. The molecule has 0 fully saturated rings. The number of rotatable bonds is 2. The fourth-order valence-electron chi connectivity index (χ4n) is 2.63. The minimum atomic E-state index is -1.54. The summed E-state index contributed by atoms with van der Waals surface area (Å²) in [5.41, 5.74) is 5.73. The number of benzene rings is 1. The van der Waals surface area contributed by atoms with Crippen LogP contribution in [0.4, 0.5) is 8.78 Å². The molecule has 3 rings (SSSR count). The van der Waals surface area contributed by atoms with Crippen LogP contribution in [-0.2, 0) is 10.3 Å². The van der Waals surface area contributed by atoms with Crippen LogP contribution in [0.25, 0.3) is 11.1 Å². The summed E-state index contributed by atoms with van der Waals surface area (Å²) in [5.74, 6) is -0.591. The quantitative estimate of drug-likeness (QED) is 0.918. The van der Waals surface area contributed by atoms with Crippen molar-refractivity contribution in [1.82, 2.24) is 4.98 Å². The molecule has 1 aromatic carbocycles. The Kier molecular flexibility index (Phi) is 3.89. The van der Waals surface area contributed by atoms with Crippen LogP contribution in [0.15, 0.2) is 41.7 Å². The van der Waals surface area contributed by atoms with E-state index in [0.717, 1.165) is 0 Å². The number of halogens is 2. The average molecular weight is 328 g/mol. The number of pyridine rings is 1. The first-order chi connectivity index (χ1) is 11.4. The van der Waals surface area contributed by atoms with Crippen molar-refractivity contribution in [3.63, 3.8) is 0 Å². The van der Waals surface area contributed by atoms with Crippen LogP contribution >= 0.6 is 0 Å². The highest BCUT2D eigenvalue weighted by Gasteiger charge is 2.42. The van der Waals surface area contributed by atoms with Gasteiger partial charge < -0.3 is 10.5 Å². The molecule has 122 valence electrons. The van der Waals surface area contributed by atoms with Gasteiger partial charge >= 0.3 is 0 Å². The second-order valence-electron chi connectivity index (χ2n) is 5.64. The zero-order chi connectivity index (χ0) is 17.3. The molecule has 0 saturated carbocycles. The monoisotopic (exact) mass is 328 g/mol. The summed E-state index contributed by atoms with van der Waals surface area (Å²) in [4.78, 5) is 7.97. The topological polar surface area (TPSA) is 84.3 Å². The Labute approximate surface area is 137 Å². The van der Waals surface area contributed by atoms with Crippen LogP contribution in [-0.4, -0.2) is 23.8 Å². The van der Waals surface area contributed by atoms with E-state index in [1.807, 2.05) is 6.07 Å². The van der Waals surface area contributed by atoms with E-state index in [9.17, 15) is 8.78 Å². The van der Waals surface area contributed by atoms with Crippen molar-refractivity contribution in [3.05, 3.63) is 53.6 Å². The van der Waals surface area contributed by atoms with Crippen LogP contribution in [0.2, 0.25) is 0 Å². The van der Waals surface area contributed by atoms with Crippen LogP contribution in [0.1, 0.15) is 18.1 Å². The fourth-order valence-corrected chi connectivity index (χ4v) is 2.63. The van der Waals surface area contributed by atoms with E-state index in [0.29, 0.717) is 16.7 Å². The number of ether oxygens (including phenoxy) is 1. The zero-order valence-corrected chi connectivity index (χ0v) is 12.8. The number of nitrogens with two attached hydrogens (primary N) is 1. The number of nitriles is 1. The van der Waals surface area contributed by atoms with Gasteiger partial charge in [-0.2, -0.15) is 5.26 Å². The SMILES string of the molecule is CC1(c2cc(-c3cncc(C#N)c3)ccc2F)N=C(N)OCC1F. The second kappa shape index (κ2) is 5.89. The minimum absolute atomic E-state index is 0.0705. The van der Waals surface area contributed by atoms with Crippen molar-refractivity contribution in [2.45, 2.75) is 18.6 Å². The largest absolute Gasteiger partial charge is 0.462 e. The normalized spacial score (nSPS) is 23.1. The molecule has 2 aromatic rings. The van der Waals surface area contributed by atoms with Crippen LogP contribution < -0.4 is 5.73 Å². The Morgan fingerprint density at radius 3 is 2.88 bits per heavy atom. The molecular weight excluding hydrogens is 314 g/mol. The molecule has 0 bridgehead atoms. The molecule has 0 aliphatic carbocycles. The number of amidine groups is 1. The van der Waals surface area contributed by atoms with E-state index < -0.39 is 17.5 Å². The van der Waals surface area contributed by atoms with Crippen LogP contribution in [0.5, 0.6) is 0 Å². The lowest BCUT2D eigenvalue weighted by Gasteiger charge is -2.33. The number of aliphatic imine (C=N–C) groups is 1. The predicted octanol–water partition coefficient (Wildman–Crippen LogP) is 2.66. The van der Waals surface area contributed by atoms with E-state index in [2.05, 4.69) is 9.98 Å². The summed E-state index contributed by atoms with van der Waals surface area (Å²) >= 11 is 0. The maximum Gasteiger partial charge on any atom is 0.283 e. The zero-order valence-electron chi connectivity index (χ0n) is 12.8. The maximum atomic E-state index is 14.4. The Morgan fingerprint density at radius 1 is 1.33 bits per heavy atom. The van der Waals surface area contributed by atoms with Crippen LogP contribution in [0.3, 0.4) is 0 Å². The van der Waals surface area contributed by atoms with Gasteiger partial charge in [0.2, 0.25) is 0 Å². The van der Waals surface area contributed by atoms with E-state index in [1.54, 1.807) is 18.3 Å². The predicted molar refractivity (Wildman–Crippen MR) is 84.2 cm³/mol. The van der Waals surface area contributed by atoms with Gasteiger partial charge in [0.1, 0.15) is 24.0 Å². The molecule has 7 heteroatoms. The third-order valence-corrected chi connectivity index (χ3v) is 4.04. The highest BCUT2D eigenvalue weighted by atomic mass is 19.1. The molecule has 1 aliphatic rings. The maximum absolute atomic E-state index is 14.4. The number of nitrogens with zero attached hydrogens (tertiary/aromatic N) is 3. The molecule has 2 heterocycles. The summed E-state index contributed by atoms with van der Waals surface area (Å²) in [6, 6.07) is 7.73. The van der Waals surface area contributed by atoms with Crippen molar-refractivity contribution in [2.75, 3.05) is 6.61 Å². The summed E-state index contributed by atoms with van der Waals surface area (Å²) < 4.78 is 33.7. The van der Waals surface area contributed by atoms with Gasteiger partial charge in [0.15, 0.2) is 6.17 Å². The molecule has 24 heavy (non-hydrogen) atoms. The Hall–Kier alpha value is -3.01. The summed E-state index contributed by atoms with van der Waals surface area (Å²) in [7, 11) is 0. The molecule has 0 spiro atoms. The number of aromatic nitrogens is 1. The Morgan fingerprint density at radius 2 is 2.12 bits per heavy atom. The molecule has 2 N–H and O–H groups in total. The van der Waals surface area contributed by atoms with Crippen molar-refractivity contribution >= 4 is 6.02 Å². The fraction of sp³-hybridized carbons (Fsp3) is 0.235. The first kappa shape index (κ1) is 15.9. The smallest absolute Gasteiger partial charge is 0.283 e. The lowest BCUT2D eigenvalue weighted by molar-refractivity contribution is 0.0923. The molecular formula is C17H14F2N4O. The lowest BCUT2D eigenvalue weighted by Crippen LogP contribution is -2.43. The van der Waals surface area contributed by atoms with Gasteiger partial charge in [-0.3, -0.25) is 4.98 Å². The summed E-state index contributed by atoms with van der Waals surface area (Å²) in [6.07, 6.45) is 1.43. The van der Waals surface area contributed by atoms with Crippen molar-refractivity contribution in [2.24, 2.45) is 10.7 Å². The second-order valence-corrected chi connectivity index (χ2v) is 5.64. The molecule has 0 radical (unpaired) electrons. The van der Waals surface area contributed by atoms with Crippen molar-refractivity contribution in [1.29, 1.82) is 5.26 Å². The molecule has 0 amide bonds. The highest BCUT2D eigenvalue weighted by molar-refractivity contribution is 5.73. The van der Waals surface area contributed by atoms with Crippen LogP contribution in [0, 0.1) is 17.1 Å². The standard InChI is InChI=1S/C17H14F2N4O/c1-17(15(19)9-24-16(21)23-17)13-5-11(2-3-14(13)18)12-4-10(6-20)7-22-8-12/h2-5,7-8,15H,9H2,1H3,(H2,21,23). The highest BCUT2D eigenvalue weighted by Crippen LogP contribution is 2.37. The van der Waals surface area contributed by atoms with Gasteiger partial charge in [-0.15, -0.1) is 0 Å². The van der Waals surface area contributed by atoms with Crippen molar-refractivity contribution < 1.29 is 13.5 Å². The average Bonchev–Trinajstić information content (AvgIpc) is 2.59. The van der Waals surface area contributed by atoms with Gasteiger partial charge in [-0.05, 0) is 30.7 Å². The molecule has 2 atom stereocenters.